The minimum absolute atomic E-state index is 0. The van der Waals surface area contributed by atoms with Gasteiger partial charge in [0.15, 0.2) is 0 Å². The van der Waals surface area contributed by atoms with Crippen LogP contribution in [0.1, 0.15) is 13.8 Å². The van der Waals surface area contributed by atoms with Crippen molar-refractivity contribution in [1.82, 2.24) is 6.15 Å². The maximum Gasteiger partial charge on any atom is 0.310 e. The van der Waals surface area contributed by atoms with E-state index in [1.807, 2.05) is 0 Å². The SMILES string of the molecule is CC#N.CC(=O)OC=O.N. The highest BCUT2D eigenvalue weighted by Crippen LogP contribution is 1.62. The zero-order chi connectivity index (χ0) is 7.70. The molecule has 0 fully saturated rings. The number of carbonyl (C=O) groups excluding carboxylic acids is 2. The van der Waals surface area contributed by atoms with E-state index in [9.17, 15) is 9.59 Å². The average molecular weight is 146 g/mol. The van der Waals surface area contributed by atoms with Gasteiger partial charge in [0.05, 0.1) is 6.07 Å². The second-order valence-corrected chi connectivity index (χ2v) is 0.929. The van der Waals surface area contributed by atoms with Crippen molar-refractivity contribution in [3.05, 3.63) is 0 Å². The normalized spacial score (nSPS) is 4.90. The molecular weight excluding hydrogens is 136 g/mol. The topological polar surface area (TPSA) is 102 Å². The molecule has 0 aliphatic carbocycles. The maximum atomic E-state index is 9.59. The molecule has 0 rings (SSSR count). The fourth-order valence-corrected chi connectivity index (χ4v) is 0.0678. The lowest BCUT2D eigenvalue weighted by molar-refractivity contribution is -0.149. The van der Waals surface area contributed by atoms with E-state index in [0.29, 0.717) is 0 Å². The molecule has 0 radical (unpaired) electrons. The highest BCUT2D eigenvalue weighted by atomic mass is 16.6. The number of hydrogen-bond donors (Lipinski definition) is 1. The molecule has 3 N–H and O–H groups in total. The fourth-order valence-electron chi connectivity index (χ4n) is 0.0678. The summed E-state index contributed by atoms with van der Waals surface area (Å²) in [4.78, 5) is 18.8. The Kier molecular flexibility index (Phi) is 24.8. The number of hydrogen-bond acceptors (Lipinski definition) is 5. The summed E-state index contributed by atoms with van der Waals surface area (Å²) in [6.45, 7) is 2.69. The summed E-state index contributed by atoms with van der Waals surface area (Å²) >= 11 is 0. The van der Waals surface area contributed by atoms with Crippen LogP contribution in [-0.2, 0) is 14.3 Å². The van der Waals surface area contributed by atoms with Gasteiger partial charge >= 0.3 is 12.4 Å². The molecule has 5 heteroatoms. The van der Waals surface area contributed by atoms with Crippen molar-refractivity contribution in [2.45, 2.75) is 13.8 Å². The highest BCUT2D eigenvalue weighted by Gasteiger charge is 1.82. The van der Waals surface area contributed by atoms with Crippen LogP contribution >= 0.6 is 0 Å². The van der Waals surface area contributed by atoms with Gasteiger partial charge in [-0.3, -0.25) is 9.59 Å². The van der Waals surface area contributed by atoms with Crippen LogP contribution in [0.2, 0.25) is 0 Å². The molecule has 0 aromatic rings. The number of carbonyl (C=O) groups is 2. The Bertz CT molecular complexity index is 127. The van der Waals surface area contributed by atoms with Crippen LogP contribution in [0.4, 0.5) is 0 Å². The lowest BCUT2D eigenvalue weighted by Crippen LogP contribution is -1.93. The first-order valence-electron chi connectivity index (χ1n) is 2.10. The number of nitriles is 1. The molecule has 0 spiro atoms. The zero-order valence-corrected chi connectivity index (χ0v) is 5.96. The summed E-state index contributed by atoms with van der Waals surface area (Å²) in [6.07, 6.45) is 0. The second-order valence-electron chi connectivity index (χ2n) is 0.929. The standard InChI is InChI=1S/C3H4O3.C2H3N.H3N/c1-3(5)6-2-4;1-2-3;/h2H,1H3;1H3;1H3. The first kappa shape index (κ1) is 15.8. The number of rotatable bonds is 1. The Labute approximate surface area is 59.2 Å². The third kappa shape index (κ3) is 81.5. The van der Waals surface area contributed by atoms with Gasteiger partial charge in [0.2, 0.25) is 0 Å². The summed E-state index contributed by atoms with van der Waals surface area (Å²) in [7, 11) is 0. The molecule has 0 aliphatic heterocycles. The average Bonchev–Trinajstić information content (AvgIpc) is 1.67. The van der Waals surface area contributed by atoms with Gasteiger partial charge in [0.1, 0.15) is 0 Å². The van der Waals surface area contributed by atoms with E-state index in [0.717, 1.165) is 6.92 Å². The molecule has 58 valence electrons. The number of esters is 1. The van der Waals surface area contributed by atoms with Crippen molar-refractivity contribution in [1.29, 1.82) is 5.26 Å². The minimum atomic E-state index is -0.579. The van der Waals surface area contributed by atoms with Crippen LogP contribution in [0.25, 0.3) is 0 Å². The molecule has 0 amide bonds. The molecule has 10 heavy (non-hydrogen) atoms. The van der Waals surface area contributed by atoms with Crippen molar-refractivity contribution in [3.63, 3.8) is 0 Å². The summed E-state index contributed by atoms with van der Waals surface area (Å²) in [5.41, 5.74) is 0. The lowest BCUT2D eigenvalue weighted by atomic mass is 10.8. The quantitative estimate of drug-likeness (QED) is 0.327. The van der Waals surface area contributed by atoms with E-state index >= 15 is 0 Å². The molecular formula is C5H10N2O3. The Balaban J connectivity index is -0.000000107. The lowest BCUT2D eigenvalue weighted by Gasteiger charge is -1.78. The monoisotopic (exact) mass is 146 g/mol. The molecule has 0 unspecified atom stereocenters. The minimum Gasteiger partial charge on any atom is -0.396 e. The summed E-state index contributed by atoms with van der Waals surface area (Å²) < 4.78 is 3.72. The first-order chi connectivity index (χ1) is 4.18. The molecule has 0 aliphatic rings. The molecule has 0 aromatic carbocycles. The molecule has 0 saturated carbocycles. The van der Waals surface area contributed by atoms with E-state index < -0.39 is 5.97 Å². The second kappa shape index (κ2) is 15.6. The van der Waals surface area contributed by atoms with Gasteiger partial charge < -0.3 is 10.9 Å². The first-order valence-corrected chi connectivity index (χ1v) is 2.10. The maximum absolute atomic E-state index is 9.59. The Morgan fingerprint density at radius 3 is 2.00 bits per heavy atom. The van der Waals surface area contributed by atoms with Crippen molar-refractivity contribution in [2.75, 3.05) is 0 Å². The molecule has 0 heterocycles. The fraction of sp³-hybridized carbons (Fsp3) is 0.400. The van der Waals surface area contributed by atoms with Gasteiger partial charge in [-0.2, -0.15) is 5.26 Å². The van der Waals surface area contributed by atoms with Gasteiger partial charge in [0, 0.05) is 13.8 Å². The van der Waals surface area contributed by atoms with Gasteiger partial charge in [0.25, 0.3) is 0 Å². The molecule has 0 bridgehead atoms. The van der Waals surface area contributed by atoms with Crippen LogP contribution in [0.15, 0.2) is 0 Å². The zero-order valence-electron chi connectivity index (χ0n) is 5.96. The summed E-state index contributed by atoms with van der Waals surface area (Å²) in [5, 5.41) is 7.32. The van der Waals surface area contributed by atoms with Crippen molar-refractivity contribution in [3.8, 4) is 6.07 Å². The van der Waals surface area contributed by atoms with Crippen LogP contribution in [0.5, 0.6) is 0 Å². The Morgan fingerprint density at radius 1 is 1.70 bits per heavy atom. The number of nitrogens with zero attached hydrogens (tertiary/aromatic N) is 1. The third-order valence-electron chi connectivity index (χ3n) is 0.214. The smallest absolute Gasteiger partial charge is 0.310 e. The van der Waals surface area contributed by atoms with Crippen LogP contribution < -0.4 is 6.15 Å². The van der Waals surface area contributed by atoms with E-state index in [2.05, 4.69) is 4.74 Å². The van der Waals surface area contributed by atoms with Crippen molar-refractivity contribution in [2.24, 2.45) is 0 Å². The van der Waals surface area contributed by atoms with Gasteiger partial charge in [-0.15, -0.1) is 0 Å². The predicted octanol–water partition coefficient (Wildman–Crippen LogP) is 0.398. The summed E-state index contributed by atoms with van der Waals surface area (Å²) in [5.74, 6) is -0.579. The number of ether oxygens (including phenoxy) is 1. The van der Waals surface area contributed by atoms with E-state index in [1.54, 1.807) is 6.07 Å². The molecule has 5 nitrogen and oxygen atoms in total. The molecule has 0 aromatic heterocycles. The van der Waals surface area contributed by atoms with Gasteiger partial charge in [-0.05, 0) is 0 Å². The van der Waals surface area contributed by atoms with E-state index in [1.165, 1.54) is 6.92 Å². The molecule has 0 saturated heterocycles. The third-order valence-corrected chi connectivity index (χ3v) is 0.214. The molecule has 0 atom stereocenters. The predicted molar refractivity (Wildman–Crippen MR) is 34.1 cm³/mol. The van der Waals surface area contributed by atoms with E-state index in [-0.39, 0.29) is 12.6 Å². The van der Waals surface area contributed by atoms with Crippen molar-refractivity contribution < 1.29 is 14.3 Å². The highest BCUT2D eigenvalue weighted by molar-refractivity contribution is 5.73. The van der Waals surface area contributed by atoms with Crippen LogP contribution in [-0.4, -0.2) is 12.4 Å². The van der Waals surface area contributed by atoms with Gasteiger partial charge in [-0.25, -0.2) is 0 Å². The largest absolute Gasteiger partial charge is 0.396 e. The summed E-state index contributed by atoms with van der Waals surface area (Å²) in [6, 6.07) is 1.75. The van der Waals surface area contributed by atoms with Gasteiger partial charge in [-0.1, -0.05) is 0 Å². The Hall–Kier alpha value is -1.41. The van der Waals surface area contributed by atoms with Crippen molar-refractivity contribution >= 4 is 12.4 Å². The van der Waals surface area contributed by atoms with Crippen LogP contribution in [0, 0.1) is 11.3 Å². The van der Waals surface area contributed by atoms with E-state index in [4.69, 9.17) is 5.26 Å². The Morgan fingerprint density at radius 2 is 2.00 bits per heavy atom. The van der Waals surface area contributed by atoms with Crippen LogP contribution in [0.3, 0.4) is 0 Å².